The van der Waals surface area contributed by atoms with Crippen LogP contribution >= 0.6 is 0 Å². The Morgan fingerprint density at radius 3 is 2.95 bits per heavy atom. The lowest BCUT2D eigenvalue weighted by Crippen LogP contribution is -2.39. The molecular formula is C14H17N5O. The van der Waals surface area contributed by atoms with Crippen LogP contribution in [0.25, 0.3) is 5.69 Å². The third-order valence-electron chi connectivity index (χ3n) is 3.67. The molecule has 1 amide bonds. The Labute approximate surface area is 117 Å². The molecule has 0 bridgehead atoms. The van der Waals surface area contributed by atoms with E-state index in [0.29, 0.717) is 11.5 Å². The van der Waals surface area contributed by atoms with Crippen LogP contribution in [0.5, 0.6) is 0 Å². The van der Waals surface area contributed by atoms with Crippen LogP contribution in [0.1, 0.15) is 30.1 Å². The predicted molar refractivity (Wildman–Crippen MR) is 73.5 cm³/mol. The van der Waals surface area contributed by atoms with E-state index < -0.39 is 0 Å². The molecule has 1 unspecified atom stereocenters. The van der Waals surface area contributed by atoms with Gasteiger partial charge in [-0.3, -0.25) is 4.79 Å². The van der Waals surface area contributed by atoms with Gasteiger partial charge in [-0.05, 0) is 41.3 Å². The van der Waals surface area contributed by atoms with Gasteiger partial charge in [0, 0.05) is 13.1 Å². The van der Waals surface area contributed by atoms with Crippen molar-refractivity contribution in [1.29, 1.82) is 0 Å². The Hall–Kier alpha value is -2.24. The molecule has 0 saturated carbocycles. The Bertz CT molecular complexity index is 595. The van der Waals surface area contributed by atoms with Gasteiger partial charge >= 0.3 is 0 Å². The normalized spacial score (nSPS) is 19.1. The Balaban J connectivity index is 1.92. The standard InChI is InChI=1S/C14H17N5O/c1-11-5-4-8-18(9-11)14(20)12-6-2-3-7-13(12)19-10-15-16-17-19/h2-3,6-7,10-11H,4-5,8-9H2,1H3. The summed E-state index contributed by atoms with van der Waals surface area (Å²) in [6.07, 6.45) is 3.77. The summed E-state index contributed by atoms with van der Waals surface area (Å²) >= 11 is 0. The quantitative estimate of drug-likeness (QED) is 0.831. The van der Waals surface area contributed by atoms with Crippen LogP contribution < -0.4 is 0 Å². The first-order chi connectivity index (χ1) is 9.75. The molecule has 0 aliphatic carbocycles. The SMILES string of the molecule is CC1CCCN(C(=O)c2ccccc2-n2cnnn2)C1. The lowest BCUT2D eigenvalue weighted by Gasteiger charge is -2.31. The fourth-order valence-electron chi connectivity index (χ4n) is 2.67. The van der Waals surface area contributed by atoms with E-state index in [2.05, 4.69) is 22.4 Å². The van der Waals surface area contributed by atoms with Gasteiger partial charge < -0.3 is 4.90 Å². The number of nitrogens with zero attached hydrogens (tertiary/aromatic N) is 5. The summed E-state index contributed by atoms with van der Waals surface area (Å²) in [6.45, 7) is 3.84. The first kappa shape index (κ1) is 12.8. The molecule has 3 rings (SSSR count). The van der Waals surface area contributed by atoms with Gasteiger partial charge in [0.1, 0.15) is 6.33 Å². The van der Waals surface area contributed by atoms with Crippen molar-refractivity contribution in [3.05, 3.63) is 36.2 Å². The zero-order valence-electron chi connectivity index (χ0n) is 11.4. The van der Waals surface area contributed by atoms with Crippen molar-refractivity contribution in [1.82, 2.24) is 25.1 Å². The number of tetrazole rings is 1. The maximum atomic E-state index is 12.7. The molecule has 2 aromatic rings. The van der Waals surface area contributed by atoms with Crippen LogP contribution in [-0.4, -0.2) is 44.1 Å². The van der Waals surface area contributed by atoms with Gasteiger partial charge in [-0.2, -0.15) is 4.68 Å². The van der Waals surface area contributed by atoms with Gasteiger partial charge in [-0.1, -0.05) is 19.1 Å². The minimum atomic E-state index is 0.0580. The molecule has 1 fully saturated rings. The maximum absolute atomic E-state index is 12.7. The van der Waals surface area contributed by atoms with E-state index in [1.807, 2.05) is 29.2 Å². The molecule has 1 atom stereocenters. The summed E-state index contributed by atoms with van der Waals surface area (Å²) in [6, 6.07) is 7.44. The number of carbonyl (C=O) groups excluding carboxylic acids is 1. The molecule has 1 aliphatic heterocycles. The molecule has 1 aromatic carbocycles. The molecular weight excluding hydrogens is 254 g/mol. The highest BCUT2D eigenvalue weighted by Gasteiger charge is 2.24. The number of rotatable bonds is 2. The first-order valence-electron chi connectivity index (χ1n) is 6.87. The second-order valence-electron chi connectivity index (χ2n) is 5.27. The van der Waals surface area contributed by atoms with Crippen molar-refractivity contribution >= 4 is 5.91 Å². The van der Waals surface area contributed by atoms with Crippen LogP contribution in [0, 0.1) is 5.92 Å². The number of piperidine rings is 1. The highest BCUT2D eigenvalue weighted by atomic mass is 16.2. The summed E-state index contributed by atoms with van der Waals surface area (Å²) in [7, 11) is 0. The summed E-state index contributed by atoms with van der Waals surface area (Å²) in [4.78, 5) is 14.6. The van der Waals surface area contributed by atoms with Crippen molar-refractivity contribution in [3.8, 4) is 5.69 Å². The van der Waals surface area contributed by atoms with Crippen molar-refractivity contribution in [3.63, 3.8) is 0 Å². The van der Waals surface area contributed by atoms with Gasteiger partial charge in [-0.25, -0.2) is 0 Å². The molecule has 0 spiro atoms. The molecule has 20 heavy (non-hydrogen) atoms. The van der Waals surface area contributed by atoms with Crippen LogP contribution in [0.4, 0.5) is 0 Å². The lowest BCUT2D eigenvalue weighted by atomic mass is 9.99. The van der Waals surface area contributed by atoms with E-state index >= 15 is 0 Å². The van der Waals surface area contributed by atoms with Crippen LogP contribution in [0.3, 0.4) is 0 Å². The van der Waals surface area contributed by atoms with Gasteiger partial charge in [0.05, 0.1) is 11.3 Å². The molecule has 6 heteroatoms. The summed E-state index contributed by atoms with van der Waals surface area (Å²) in [5, 5.41) is 11.1. The van der Waals surface area contributed by atoms with Gasteiger partial charge in [-0.15, -0.1) is 5.10 Å². The summed E-state index contributed by atoms with van der Waals surface area (Å²) in [5.41, 5.74) is 1.37. The summed E-state index contributed by atoms with van der Waals surface area (Å²) < 4.78 is 1.53. The number of para-hydroxylation sites is 1. The molecule has 2 heterocycles. The largest absolute Gasteiger partial charge is 0.338 e. The minimum Gasteiger partial charge on any atom is -0.338 e. The number of carbonyl (C=O) groups is 1. The Morgan fingerprint density at radius 1 is 1.35 bits per heavy atom. The average Bonchev–Trinajstić information content (AvgIpc) is 3.00. The smallest absolute Gasteiger partial charge is 0.256 e. The van der Waals surface area contributed by atoms with Crippen LogP contribution in [0.2, 0.25) is 0 Å². The number of aromatic nitrogens is 4. The van der Waals surface area contributed by atoms with E-state index in [9.17, 15) is 4.79 Å². The number of amides is 1. The average molecular weight is 271 g/mol. The minimum absolute atomic E-state index is 0.0580. The first-order valence-corrected chi connectivity index (χ1v) is 6.87. The second-order valence-corrected chi connectivity index (χ2v) is 5.27. The molecule has 0 N–H and O–H groups in total. The topological polar surface area (TPSA) is 63.9 Å². The number of likely N-dealkylation sites (tertiary alicyclic amines) is 1. The molecule has 6 nitrogen and oxygen atoms in total. The third kappa shape index (κ3) is 2.41. The van der Waals surface area contributed by atoms with Crippen molar-refractivity contribution in [2.24, 2.45) is 5.92 Å². The predicted octanol–water partition coefficient (Wildman–Crippen LogP) is 1.53. The Morgan fingerprint density at radius 2 is 2.20 bits per heavy atom. The van der Waals surface area contributed by atoms with Gasteiger partial charge in [0.15, 0.2) is 0 Å². The molecule has 1 aromatic heterocycles. The highest BCUT2D eigenvalue weighted by molar-refractivity contribution is 5.97. The maximum Gasteiger partial charge on any atom is 0.256 e. The molecule has 1 aliphatic rings. The highest BCUT2D eigenvalue weighted by Crippen LogP contribution is 2.20. The van der Waals surface area contributed by atoms with E-state index in [1.54, 1.807) is 0 Å². The molecule has 104 valence electrons. The van der Waals surface area contributed by atoms with Crippen molar-refractivity contribution < 1.29 is 4.79 Å². The monoisotopic (exact) mass is 271 g/mol. The number of benzene rings is 1. The number of hydrogen-bond donors (Lipinski definition) is 0. The van der Waals surface area contributed by atoms with E-state index in [-0.39, 0.29) is 5.91 Å². The molecule has 1 saturated heterocycles. The fraction of sp³-hybridized carbons (Fsp3) is 0.429. The third-order valence-corrected chi connectivity index (χ3v) is 3.67. The van der Waals surface area contributed by atoms with Gasteiger partial charge in [0.2, 0.25) is 0 Å². The van der Waals surface area contributed by atoms with Crippen molar-refractivity contribution in [2.75, 3.05) is 13.1 Å². The van der Waals surface area contributed by atoms with Crippen LogP contribution in [-0.2, 0) is 0 Å². The van der Waals surface area contributed by atoms with Gasteiger partial charge in [0.25, 0.3) is 5.91 Å². The van der Waals surface area contributed by atoms with Crippen LogP contribution in [0.15, 0.2) is 30.6 Å². The Kier molecular flexibility index (Phi) is 3.45. The van der Waals surface area contributed by atoms with E-state index in [4.69, 9.17) is 0 Å². The second kappa shape index (κ2) is 5.40. The zero-order valence-corrected chi connectivity index (χ0v) is 11.4. The summed E-state index contributed by atoms with van der Waals surface area (Å²) in [5.74, 6) is 0.621. The number of hydrogen-bond acceptors (Lipinski definition) is 4. The van der Waals surface area contributed by atoms with E-state index in [0.717, 1.165) is 25.2 Å². The fourth-order valence-corrected chi connectivity index (χ4v) is 2.67. The lowest BCUT2D eigenvalue weighted by molar-refractivity contribution is 0.0683. The van der Waals surface area contributed by atoms with E-state index in [1.165, 1.54) is 17.4 Å². The van der Waals surface area contributed by atoms with Crippen molar-refractivity contribution in [2.45, 2.75) is 19.8 Å². The zero-order chi connectivity index (χ0) is 13.9. The molecule has 0 radical (unpaired) electrons.